The molecular weight excluding hydrogens is 436 g/mol. The molecule has 1 aliphatic heterocycles. The van der Waals surface area contributed by atoms with Gasteiger partial charge in [0.2, 0.25) is 11.8 Å². The number of fused-ring (bicyclic) bond motifs is 1. The largest absolute Gasteiger partial charge is 0.279 e. The Morgan fingerprint density at radius 1 is 0.968 bits per heavy atom. The van der Waals surface area contributed by atoms with Crippen LogP contribution in [-0.4, -0.2) is 25.1 Å². The van der Waals surface area contributed by atoms with Crippen molar-refractivity contribution in [1.82, 2.24) is 4.90 Å². The van der Waals surface area contributed by atoms with Crippen LogP contribution in [0.4, 0.5) is 5.69 Å². The molecule has 1 saturated heterocycles. The first-order chi connectivity index (χ1) is 14.7. The molecule has 2 aromatic rings. The molecule has 6 nitrogen and oxygen atoms in total. The first kappa shape index (κ1) is 21.8. The third kappa shape index (κ3) is 4.21. The Morgan fingerprint density at radius 3 is 2.23 bits per heavy atom. The molecule has 2 aromatic carbocycles. The molecule has 0 spiro atoms. The van der Waals surface area contributed by atoms with E-state index in [-0.39, 0.29) is 35.1 Å². The average molecular weight is 461 g/mol. The normalized spacial score (nSPS) is 21.3. The Balaban J connectivity index is 1.60. The summed E-state index contributed by atoms with van der Waals surface area (Å²) in [5, 5.41) is 0.432. The predicted octanol–water partition coefficient (Wildman–Crippen LogP) is 4.43. The number of nitrogens with one attached hydrogen (secondary N) is 1. The smallest absolute Gasteiger partial charge is 0.262 e. The first-order valence-corrected chi connectivity index (χ1v) is 12.3. The second-order valence-corrected chi connectivity index (χ2v) is 10.5. The zero-order valence-electron chi connectivity index (χ0n) is 17.5. The fraction of sp³-hybridized carbons (Fsp3) is 0.391. The van der Waals surface area contributed by atoms with Gasteiger partial charge in [-0.05, 0) is 61.6 Å². The second-order valence-electron chi connectivity index (χ2n) is 8.42. The van der Waals surface area contributed by atoms with Gasteiger partial charge in [0, 0.05) is 5.02 Å². The molecule has 0 aromatic heterocycles. The van der Waals surface area contributed by atoms with Crippen molar-refractivity contribution in [3.05, 3.63) is 58.1 Å². The summed E-state index contributed by atoms with van der Waals surface area (Å²) in [6.07, 6.45) is 3.44. The van der Waals surface area contributed by atoms with Crippen LogP contribution < -0.4 is 4.72 Å². The molecule has 0 bridgehead atoms. The zero-order chi connectivity index (χ0) is 22.3. The molecule has 2 amide bonds. The molecular formula is C23H25ClN2O4S. The van der Waals surface area contributed by atoms with Crippen LogP contribution in [0.15, 0.2) is 41.3 Å². The Kier molecular flexibility index (Phi) is 5.83. The summed E-state index contributed by atoms with van der Waals surface area (Å²) in [5.41, 5.74) is 2.33. The minimum atomic E-state index is -3.88. The van der Waals surface area contributed by atoms with Gasteiger partial charge in [-0.15, -0.1) is 0 Å². The maximum absolute atomic E-state index is 13.1. The number of benzene rings is 2. The summed E-state index contributed by atoms with van der Waals surface area (Å²) >= 11 is 6.02. The topological polar surface area (TPSA) is 83.6 Å². The number of hydrogen-bond donors (Lipinski definition) is 1. The van der Waals surface area contributed by atoms with Crippen LogP contribution in [0.25, 0.3) is 0 Å². The van der Waals surface area contributed by atoms with Crippen LogP contribution in [0, 0.1) is 25.7 Å². The number of halogens is 1. The van der Waals surface area contributed by atoms with Crippen molar-refractivity contribution in [2.24, 2.45) is 11.8 Å². The molecule has 164 valence electrons. The highest BCUT2D eigenvalue weighted by Gasteiger charge is 2.47. The minimum absolute atomic E-state index is 0.0870. The monoisotopic (exact) mass is 460 g/mol. The fourth-order valence-electron chi connectivity index (χ4n) is 4.51. The molecule has 2 fully saturated rings. The van der Waals surface area contributed by atoms with Crippen molar-refractivity contribution in [2.75, 3.05) is 4.72 Å². The van der Waals surface area contributed by atoms with E-state index in [0.717, 1.165) is 31.2 Å². The second kappa shape index (κ2) is 8.28. The Bertz CT molecular complexity index is 1140. The zero-order valence-corrected chi connectivity index (χ0v) is 19.1. The summed E-state index contributed by atoms with van der Waals surface area (Å²) in [6, 6.07) is 10.0. The molecule has 8 heteroatoms. The number of hydrogen-bond acceptors (Lipinski definition) is 4. The van der Waals surface area contributed by atoms with Crippen LogP contribution >= 0.6 is 11.6 Å². The molecule has 1 saturated carbocycles. The van der Waals surface area contributed by atoms with Gasteiger partial charge in [0.15, 0.2) is 0 Å². The standard InChI is InChI=1S/C23H25ClN2O4S/c1-14-8-10-17(24)12-20(14)25-31(29,30)21-11-16(9-7-15(21)2)13-26-22(27)18-5-3-4-6-19(18)23(26)28/h7-12,18-19,25H,3-6,13H2,1-2H3/t18-,19+. The molecule has 1 aliphatic carbocycles. The summed E-state index contributed by atoms with van der Waals surface area (Å²) in [7, 11) is -3.88. The van der Waals surface area contributed by atoms with Crippen molar-refractivity contribution in [1.29, 1.82) is 0 Å². The molecule has 2 aliphatic rings. The van der Waals surface area contributed by atoms with Crippen molar-refractivity contribution >= 4 is 39.1 Å². The number of rotatable bonds is 5. The van der Waals surface area contributed by atoms with E-state index in [1.165, 1.54) is 4.90 Å². The Labute approximate surface area is 187 Å². The van der Waals surface area contributed by atoms with Crippen molar-refractivity contribution in [2.45, 2.75) is 51.0 Å². The van der Waals surface area contributed by atoms with E-state index in [9.17, 15) is 18.0 Å². The SMILES string of the molecule is Cc1ccc(Cl)cc1NS(=O)(=O)c1cc(CN2C(=O)[C@H]3CCCC[C@H]3C2=O)ccc1C. The van der Waals surface area contributed by atoms with E-state index in [0.29, 0.717) is 21.8 Å². The molecule has 31 heavy (non-hydrogen) atoms. The number of imide groups is 1. The lowest BCUT2D eigenvalue weighted by Gasteiger charge is -2.19. The summed E-state index contributed by atoms with van der Waals surface area (Å²) < 4.78 is 28.8. The minimum Gasteiger partial charge on any atom is -0.279 e. The van der Waals surface area contributed by atoms with E-state index in [1.807, 2.05) is 0 Å². The highest BCUT2D eigenvalue weighted by atomic mass is 35.5. The molecule has 2 atom stereocenters. The van der Waals surface area contributed by atoms with E-state index in [1.54, 1.807) is 50.2 Å². The summed E-state index contributed by atoms with van der Waals surface area (Å²) in [5.74, 6) is -0.704. The van der Waals surface area contributed by atoms with E-state index in [2.05, 4.69) is 4.72 Å². The number of amides is 2. The molecule has 1 heterocycles. The number of anilines is 1. The van der Waals surface area contributed by atoms with Gasteiger partial charge in [-0.3, -0.25) is 19.2 Å². The van der Waals surface area contributed by atoms with E-state index >= 15 is 0 Å². The van der Waals surface area contributed by atoms with E-state index in [4.69, 9.17) is 11.6 Å². The molecule has 1 N–H and O–H groups in total. The van der Waals surface area contributed by atoms with Gasteiger partial charge in [0.05, 0.1) is 29.0 Å². The van der Waals surface area contributed by atoms with Gasteiger partial charge in [-0.2, -0.15) is 0 Å². The lowest BCUT2D eigenvalue weighted by molar-refractivity contribution is -0.140. The van der Waals surface area contributed by atoms with Gasteiger partial charge in [-0.25, -0.2) is 8.42 Å². The molecule has 0 radical (unpaired) electrons. The van der Waals surface area contributed by atoms with Gasteiger partial charge >= 0.3 is 0 Å². The predicted molar refractivity (Wildman–Crippen MR) is 119 cm³/mol. The number of aryl methyl sites for hydroxylation is 2. The number of nitrogens with zero attached hydrogens (tertiary/aromatic N) is 1. The van der Waals surface area contributed by atoms with Gasteiger partial charge in [-0.1, -0.05) is 42.6 Å². The van der Waals surface area contributed by atoms with Crippen LogP contribution in [-0.2, 0) is 26.2 Å². The number of carbonyl (C=O) groups is 2. The highest BCUT2D eigenvalue weighted by Crippen LogP contribution is 2.38. The van der Waals surface area contributed by atoms with Crippen LogP contribution in [0.1, 0.15) is 42.4 Å². The van der Waals surface area contributed by atoms with Crippen LogP contribution in [0.2, 0.25) is 5.02 Å². The van der Waals surface area contributed by atoms with Crippen molar-refractivity contribution in [3.8, 4) is 0 Å². The van der Waals surface area contributed by atoms with Gasteiger partial charge in [0.1, 0.15) is 0 Å². The maximum atomic E-state index is 13.1. The quantitative estimate of drug-likeness (QED) is 0.669. The number of sulfonamides is 1. The van der Waals surface area contributed by atoms with Gasteiger partial charge < -0.3 is 0 Å². The lowest BCUT2D eigenvalue weighted by Crippen LogP contribution is -2.30. The number of carbonyl (C=O) groups excluding carboxylic acids is 2. The maximum Gasteiger partial charge on any atom is 0.262 e. The third-order valence-corrected chi connectivity index (χ3v) is 8.00. The highest BCUT2D eigenvalue weighted by molar-refractivity contribution is 7.92. The third-order valence-electron chi connectivity index (χ3n) is 6.26. The molecule has 0 unspecified atom stereocenters. The first-order valence-electron chi connectivity index (χ1n) is 10.4. The van der Waals surface area contributed by atoms with Gasteiger partial charge in [0.25, 0.3) is 10.0 Å². The number of likely N-dealkylation sites (tertiary alicyclic amines) is 1. The summed E-state index contributed by atoms with van der Waals surface area (Å²) in [4.78, 5) is 27.0. The average Bonchev–Trinajstić information content (AvgIpc) is 2.97. The van der Waals surface area contributed by atoms with Crippen molar-refractivity contribution in [3.63, 3.8) is 0 Å². The Hall–Kier alpha value is -2.38. The van der Waals surface area contributed by atoms with Crippen LogP contribution in [0.3, 0.4) is 0 Å². The molecule has 4 rings (SSSR count). The van der Waals surface area contributed by atoms with E-state index < -0.39 is 10.0 Å². The van der Waals surface area contributed by atoms with Crippen LogP contribution in [0.5, 0.6) is 0 Å². The lowest BCUT2D eigenvalue weighted by atomic mass is 9.81. The fourth-order valence-corrected chi connectivity index (χ4v) is 6.10. The summed E-state index contributed by atoms with van der Waals surface area (Å²) in [6.45, 7) is 3.59. The Morgan fingerprint density at radius 2 is 1.58 bits per heavy atom. The van der Waals surface area contributed by atoms with Crippen molar-refractivity contribution < 1.29 is 18.0 Å².